The molecule has 1 atom stereocenters. The molecule has 1 saturated heterocycles. The molecule has 1 aliphatic heterocycles. The maximum Gasteiger partial charge on any atom is 0.323 e. The summed E-state index contributed by atoms with van der Waals surface area (Å²) in [5.74, 6) is 1.35. The summed E-state index contributed by atoms with van der Waals surface area (Å²) in [4.78, 5) is 15.7. The predicted octanol–water partition coefficient (Wildman–Crippen LogP) is 2.86. The van der Waals surface area contributed by atoms with Gasteiger partial charge in [-0.3, -0.25) is 0 Å². The Morgan fingerprint density at radius 2 is 2.05 bits per heavy atom. The van der Waals surface area contributed by atoms with E-state index in [0.29, 0.717) is 24.6 Å². The van der Waals surface area contributed by atoms with Crippen LogP contribution in [0.25, 0.3) is 0 Å². The topological polar surface area (TPSA) is 63.2 Å². The van der Waals surface area contributed by atoms with Crippen molar-refractivity contribution < 1.29 is 4.74 Å². The van der Waals surface area contributed by atoms with Crippen molar-refractivity contribution >= 4 is 11.9 Å². The van der Waals surface area contributed by atoms with E-state index in [1.54, 1.807) is 0 Å². The van der Waals surface area contributed by atoms with E-state index in [1.807, 2.05) is 0 Å². The first-order valence-corrected chi connectivity index (χ1v) is 8.14. The zero-order valence-corrected chi connectivity index (χ0v) is 13.4. The van der Waals surface area contributed by atoms with E-state index in [4.69, 9.17) is 4.74 Å². The van der Waals surface area contributed by atoms with Crippen molar-refractivity contribution in [3.8, 4) is 6.01 Å². The molecule has 6 nitrogen and oxygen atoms in total. The minimum Gasteiger partial charge on any atom is -0.463 e. The zero-order chi connectivity index (χ0) is 15.1. The number of hydrogen-bond acceptors (Lipinski definition) is 6. The smallest absolute Gasteiger partial charge is 0.323 e. The molecule has 0 bridgehead atoms. The van der Waals surface area contributed by atoms with E-state index >= 15 is 0 Å². The fourth-order valence-electron chi connectivity index (χ4n) is 2.44. The van der Waals surface area contributed by atoms with Crippen LogP contribution in [0.5, 0.6) is 6.01 Å². The van der Waals surface area contributed by atoms with E-state index in [2.05, 4.69) is 45.9 Å². The van der Waals surface area contributed by atoms with Gasteiger partial charge in [0.1, 0.15) is 0 Å². The number of piperidine rings is 1. The van der Waals surface area contributed by atoms with Crippen LogP contribution in [0.3, 0.4) is 0 Å². The maximum atomic E-state index is 5.61. The average molecular weight is 293 g/mol. The first kappa shape index (κ1) is 15.8. The summed E-state index contributed by atoms with van der Waals surface area (Å²) in [6.07, 6.45) is 5.64. The molecule has 0 amide bonds. The molecule has 1 aromatic rings. The summed E-state index contributed by atoms with van der Waals surface area (Å²) in [5, 5.41) is 3.24. The molecule has 0 saturated carbocycles. The highest BCUT2D eigenvalue weighted by Crippen LogP contribution is 2.23. The van der Waals surface area contributed by atoms with Gasteiger partial charge in [-0.15, -0.1) is 0 Å². The molecule has 6 heteroatoms. The average Bonchev–Trinajstić information content (AvgIpc) is 2.51. The van der Waals surface area contributed by atoms with Gasteiger partial charge in [0.25, 0.3) is 0 Å². The summed E-state index contributed by atoms with van der Waals surface area (Å²) < 4.78 is 5.61. The van der Waals surface area contributed by atoms with Gasteiger partial charge in [-0.05, 0) is 39.0 Å². The van der Waals surface area contributed by atoms with Crippen LogP contribution in [0, 0.1) is 0 Å². The van der Waals surface area contributed by atoms with Crippen LogP contribution in [0.4, 0.5) is 11.9 Å². The highest BCUT2D eigenvalue weighted by molar-refractivity contribution is 5.39. The van der Waals surface area contributed by atoms with Crippen LogP contribution < -0.4 is 15.0 Å². The van der Waals surface area contributed by atoms with Crippen molar-refractivity contribution in [3.63, 3.8) is 0 Å². The van der Waals surface area contributed by atoms with Crippen molar-refractivity contribution in [2.75, 3.05) is 29.9 Å². The number of hydrogen-bond donors (Lipinski definition) is 1. The Kier molecular flexibility index (Phi) is 6.02. The van der Waals surface area contributed by atoms with E-state index in [0.717, 1.165) is 31.9 Å². The van der Waals surface area contributed by atoms with Crippen molar-refractivity contribution in [2.45, 2.75) is 58.9 Å². The molecule has 0 aliphatic carbocycles. The fourth-order valence-corrected chi connectivity index (χ4v) is 2.44. The highest BCUT2D eigenvalue weighted by Gasteiger charge is 2.22. The lowest BCUT2D eigenvalue weighted by molar-refractivity contribution is 0.291. The molecule has 2 heterocycles. The van der Waals surface area contributed by atoms with Crippen molar-refractivity contribution in [3.05, 3.63) is 0 Å². The SMILES string of the molecule is CCCNc1nc(OCCC)nc(N2CCCCC2C)n1. The van der Waals surface area contributed by atoms with E-state index in [9.17, 15) is 0 Å². The van der Waals surface area contributed by atoms with Crippen LogP contribution in [0.2, 0.25) is 0 Å². The number of ether oxygens (including phenoxy) is 1. The van der Waals surface area contributed by atoms with E-state index in [-0.39, 0.29) is 0 Å². The third kappa shape index (κ3) is 4.44. The van der Waals surface area contributed by atoms with Gasteiger partial charge >= 0.3 is 6.01 Å². The van der Waals surface area contributed by atoms with Gasteiger partial charge in [-0.1, -0.05) is 13.8 Å². The molecule has 1 fully saturated rings. The monoisotopic (exact) mass is 293 g/mol. The predicted molar refractivity (Wildman–Crippen MR) is 85.1 cm³/mol. The molecule has 1 unspecified atom stereocenters. The molecule has 118 valence electrons. The van der Waals surface area contributed by atoms with Crippen LogP contribution >= 0.6 is 0 Å². The number of aromatic nitrogens is 3. The maximum absolute atomic E-state index is 5.61. The quantitative estimate of drug-likeness (QED) is 0.834. The van der Waals surface area contributed by atoms with Gasteiger partial charge in [0.2, 0.25) is 11.9 Å². The van der Waals surface area contributed by atoms with Crippen molar-refractivity contribution in [1.29, 1.82) is 0 Å². The minimum atomic E-state index is 0.429. The molecule has 0 spiro atoms. The van der Waals surface area contributed by atoms with Crippen LogP contribution in [0.15, 0.2) is 0 Å². The Bertz CT molecular complexity index is 414. The third-order valence-electron chi connectivity index (χ3n) is 3.63. The van der Waals surface area contributed by atoms with Crippen LogP contribution in [-0.4, -0.2) is 40.7 Å². The largest absolute Gasteiger partial charge is 0.463 e. The summed E-state index contributed by atoms with van der Waals surface area (Å²) in [5.41, 5.74) is 0. The van der Waals surface area contributed by atoms with E-state index in [1.165, 1.54) is 19.3 Å². The third-order valence-corrected chi connectivity index (χ3v) is 3.63. The lowest BCUT2D eigenvalue weighted by Gasteiger charge is -2.33. The number of anilines is 2. The van der Waals surface area contributed by atoms with Crippen molar-refractivity contribution in [2.24, 2.45) is 0 Å². The second-order valence-corrected chi connectivity index (χ2v) is 5.56. The molecule has 2 rings (SSSR count). The Morgan fingerprint density at radius 1 is 1.19 bits per heavy atom. The first-order valence-electron chi connectivity index (χ1n) is 8.14. The molecule has 1 N–H and O–H groups in total. The van der Waals surface area contributed by atoms with Gasteiger partial charge < -0.3 is 15.0 Å². The number of nitrogens with zero attached hydrogens (tertiary/aromatic N) is 4. The summed E-state index contributed by atoms with van der Waals surface area (Å²) >= 11 is 0. The van der Waals surface area contributed by atoms with Crippen LogP contribution in [-0.2, 0) is 0 Å². The number of rotatable bonds is 7. The van der Waals surface area contributed by atoms with Crippen LogP contribution in [0.1, 0.15) is 52.9 Å². The summed E-state index contributed by atoms with van der Waals surface area (Å²) in [6.45, 7) is 8.92. The fraction of sp³-hybridized carbons (Fsp3) is 0.800. The Labute approximate surface area is 127 Å². The molecule has 1 aromatic heterocycles. The van der Waals surface area contributed by atoms with Gasteiger partial charge in [0, 0.05) is 19.1 Å². The minimum absolute atomic E-state index is 0.429. The van der Waals surface area contributed by atoms with Crippen molar-refractivity contribution in [1.82, 2.24) is 15.0 Å². The second-order valence-electron chi connectivity index (χ2n) is 5.56. The molecule has 21 heavy (non-hydrogen) atoms. The molecular weight excluding hydrogens is 266 g/mol. The second kappa shape index (κ2) is 8.00. The van der Waals surface area contributed by atoms with Gasteiger partial charge in [0.15, 0.2) is 0 Å². The van der Waals surface area contributed by atoms with E-state index < -0.39 is 0 Å². The normalized spacial score (nSPS) is 18.6. The van der Waals surface area contributed by atoms with Gasteiger partial charge in [0.05, 0.1) is 6.61 Å². The Morgan fingerprint density at radius 3 is 2.76 bits per heavy atom. The first-order chi connectivity index (χ1) is 10.2. The summed E-state index contributed by atoms with van der Waals surface area (Å²) in [6, 6.07) is 0.900. The molecule has 0 aromatic carbocycles. The molecule has 0 radical (unpaired) electrons. The standard InChI is InChI=1S/C15H27N5O/c1-4-9-16-13-17-14(19-15(18-13)21-11-5-2)20-10-7-6-8-12(20)3/h12H,4-11H2,1-3H3,(H,16,17,18,19). The summed E-state index contributed by atoms with van der Waals surface area (Å²) in [7, 11) is 0. The lowest BCUT2D eigenvalue weighted by Crippen LogP contribution is -2.38. The van der Waals surface area contributed by atoms with Gasteiger partial charge in [-0.2, -0.15) is 15.0 Å². The lowest BCUT2D eigenvalue weighted by atomic mass is 10.0. The number of nitrogens with one attached hydrogen (secondary N) is 1. The molecule has 1 aliphatic rings. The molecular formula is C15H27N5O. The zero-order valence-electron chi connectivity index (χ0n) is 13.4. The Hall–Kier alpha value is -1.59. The Balaban J connectivity index is 2.20. The van der Waals surface area contributed by atoms with Gasteiger partial charge in [-0.25, -0.2) is 0 Å². The highest BCUT2D eigenvalue weighted by atomic mass is 16.5.